The second-order valence-corrected chi connectivity index (χ2v) is 3.11. The molecule has 1 rings (SSSR count). The lowest BCUT2D eigenvalue weighted by atomic mass is 10.1. The highest BCUT2D eigenvalue weighted by Crippen LogP contribution is 2.34. The summed E-state index contributed by atoms with van der Waals surface area (Å²) >= 11 is 0. The number of rotatable bonds is 5. The van der Waals surface area contributed by atoms with Gasteiger partial charge in [-0.15, -0.1) is 0 Å². The minimum absolute atomic E-state index is 0.0139. The van der Waals surface area contributed by atoms with Crippen molar-refractivity contribution in [1.82, 2.24) is 5.32 Å². The Labute approximate surface area is 89.8 Å². The zero-order valence-electron chi connectivity index (χ0n) is 9.28. The van der Waals surface area contributed by atoms with Crippen LogP contribution in [0.3, 0.4) is 0 Å². The Bertz CT molecular complexity index is 311. The third kappa shape index (κ3) is 2.40. The van der Waals surface area contributed by atoms with Crippen molar-refractivity contribution >= 4 is 0 Å². The van der Waals surface area contributed by atoms with E-state index in [2.05, 4.69) is 5.32 Å². The number of hydrogen-bond acceptors (Lipinski definition) is 4. The molecule has 1 aromatic carbocycles. The molecule has 0 saturated carbocycles. The fraction of sp³-hybridized carbons (Fsp3) is 0.455. The molecule has 84 valence electrons. The Morgan fingerprint density at radius 3 is 2.53 bits per heavy atom. The number of methoxy groups -OCH3 is 2. The number of hydrogen-bond donors (Lipinski definition) is 2. The maximum absolute atomic E-state index is 9.20. The largest absolute Gasteiger partial charge is 0.493 e. The molecule has 4 heteroatoms. The number of aliphatic hydroxyl groups excluding tert-OH is 1. The number of para-hydroxylation sites is 1. The first-order valence-corrected chi connectivity index (χ1v) is 4.77. The van der Waals surface area contributed by atoms with Crippen molar-refractivity contribution in [3.63, 3.8) is 0 Å². The van der Waals surface area contributed by atoms with Gasteiger partial charge in [-0.3, -0.25) is 0 Å². The molecule has 0 amide bonds. The second kappa shape index (κ2) is 5.58. The lowest BCUT2D eigenvalue weighted by Gasteiger charge is -2.18. The average molecular weight is 211 g/mol. The first-order chi connectivity index (χ1) is 7.28. The average Bonchev–Trinajstić information content (AvgIpc) is 2.30. The number of aliphatic hydroxyl groups is 1. The molecular formula is C11H17NO3. The van der Waals surface area contributed by atoms with E-state index in [0.29, 0.717) is 11.5 Å². The van der Waals surface area contributed by atoms with Crippen LogP contribution >= 0.6 is 0 Å². The van der Waals surface area contributed by atoms with Gasteiger partial charge in [-0.25, -0.2) is 0 Å². The van der Waals surface area contributed by atoms with Crippen LogP contribution in [0.15, 0.2) is 18.2 Å². The maximum atomic E-state index is 9.20. The molecule has 0 bridgehead atoms. The Balaban J connectivity index is 3.15. The van der Waals surface area contributed by atoms with Crippen LogP contribution in [0.2, 0.25) is 0 Å². The van der Waals surface area contributed by atoms with Gasteiger partial charge in [0, 0.05) is 5.56 Å². The minimum Gasteiger partial charge on any atom is -0.493 e. The summed E-state index contributed by atoms with van der Waals surface area (Å²) in [7, 11) is 4.97. The highest BCUT2D eigenvalue weighted by atomic mass is 16.5. The van der Waals surface area contributed by atoms with E-state index in [4.69, 9.17) is 9.47 Å². The molecule has 0 heterocycles. The number of nitrogens with one attached hydrogen (secondary N) is 1. The van der Waals surface area contributed by atoms with E-state index in [0.717, 1.165) is 5.56 Å². The highest BCUT2D eigenvalue weighted by Gasteiger charge is 2.16. The van der Waals surface area contributed by atoms with Crippen molar-refractivity contribution < 1.29 is 14.6 Å². The van der Waals surface area contributed by atoms with Crippen molar-refractivity contribution in [3.8, 4) is 11.5 Å². The van der Waals surface area contributed by atoms with Gasteiger partial charge in [0.2, 0.25) is 0 Å². The third-order valence-electron chi connectivity index (χ3n) is 2.34. The maximum Gasteiger partial charge on any atom is 0.165 e. The second-order valence-electron chi connectivity index (χ2n) is 3.11. The van der Waals surface area contributed by atoms with E-state index >= 15 is 0 Å². The molecular weight excluding hydrogens is 194 g/mol. The quantitative estimate of drug-likeness (QED) is 0.761. The van der Waals surface area contributed by atoms with Gasteiger partial charge in [0.1, 0.15) is 0 Å². The lowest BCUT2D eigenvalue weighted by Crippen LogP contribution is -2.20. The molecule has 0 aliphatic rings. The molecule has 0 unspecified atom stereocenters. The topological polar surface area (TPSA) is 50.7 Å². The molecule has 4 nitrogen and oxygen atoms in total. The Hall–Kier alpha value is -1.26. The number of benzene rings is 1. The summed E-state index contributed by atoms with van der Waals surface area (Å²) in [5.74, 6) is 1.33. The number of likely N-dealkylation sites (N-methyl/N-ethyl adjacent to an activating group) is 1. The third-order valence-corrected chi connectivity index (χ3v) is 2.34. The molecule has 1 atom stereocenters. The van der Waals surface area contributed by atoms with Crippen LogP contribution in [0.1, 0.15) is 11.6 Å². The molecule has 0 aliphatic carbocycles. The van der Waals surface area contributed by atoms with E-state index in [1.807, 2.05) is 18.2 Å². The molecule has 0 aromatic heterocycles. The predicted octanol–water partition coefficient (Wildman–Crippen LogP) is 0.957. The molecule has 15 heavy (non-hydrogen) atoms. The van der Waals surface area contributed by atoms with Crippen molar-refractivity contribution in [3.05, 3.63) is 23.8 Å². The van der Waals surface area contributed by atoms with Crippen molar-refractivity contribution in [1.29, 1.82) is 0 Å². The first-order valence-electron chi connectivity index (χ1n) is 4.77. The first kappa shape index (κ1) is 11.8. The molecule has 0 spiro atoms. The SMILES string of the molecule is CN[C@H](CO)c1cccc(OC)c1OC. The predicted molar refractivity (Wildman–Crippen MR) is 58.4 cm³/mol. The van der Waals surface area contributed by atoms with Gasteiger partial charge < -0.3 is 19.9 Å². The van der Waals surface area contributed by atoms with Gasteiger partial charge in [0.15, 0.2) is 11.5 Å². The summed E-state index contributed by atoms with van der Waals surface area (Å²) < 4.78 is 10.5. The highest BCUT2D eigenvalue weighted by molar-refractivity contribution is 5.48. The van der Waals surface area contributed by atoms with E-state index in [1.165, 1.54) is 0 Å². The van der Waals surface area contributed by atoms with Crippen LogP contribution < -0.4 is 14.8 Å². The van der Waals surface area contributed by atoms with Gasteiger partial charge in [-0.05, 0) is 13.1 Å². The molecule has 0 saturated heterocycles. The van der Waals surface area contributed by atoms with Gasteiger partial charge in [-0.1, -0.05) is 12.1 Å². The summed E-state index contributed by atoms with van der Waals surface area (Å²) in [6.07, 6.45) is 0. The Morgan fingerprint density at radius 1 is 1.33 bits per heavy atom. The zero-order chi connectivity index (χ0) is 11.3. The fourth-order valence-electron chi connectivity index (χ4n) is 1.53. The normalized spacial score (nSPS) is 12.3. The molecule has 2 N–H and O–H groups in total. The van der Waals surface area contributed by atoms with Crippen molar-refractivity contribution in [2.45, 2.75) is 6.04 Å². The van der Waals surface area contributed by atoms with E-state index in [-0.39, 0.29) is 12.6 Å². The van der Waals surface area contributed by atoms with Crippen LogP contribution in [0.5, 0.6) is 11.5 Å². The van der Waals surface area contributed by atoms with E-state index < -0.39 is 0 Å². The smallest absolute Gasteiger partial charge is 0.165 e. The van der Waals surface area contributed by atoms with Gasteiger partial charge >= 0.3 is 0 Å². The van der Waals surface area contributed by atoms with Crippen LogP contribution in [0, 0.1) is 0 Å². The molecule has 0 aliphatic heterocycles. The van der Waals surface area contributed by atoms with Crippen LogP contribution in [0.25, 0.3) is 0 Å². The number of ether oxygens (including phenoxy) is 2. The summed E-state index contributed by atoms with van der Waals surface area (Å²) in [5.41, 5.74) is 0.891. The standard InChI is InChI=1S/C11H17NO3/c1-12-9(7-13)8-5-4-6-10(14-2)11(8)15-3/h4-6,9,12-13H,7H2,1-3H3/t9-/m1/s1. The summed E-state index contributed by atoms with van der Waals surface area (Å²) in [6, 6.07) is 5.46. The van der Waals surface area contributed by atoms with Gasteiger partial charge in [0.25, 0.3) is 0 Å². The zero-order valence-corrected chi connectivity index (χ0v) is 9.28. The van der Waals surface area contributed by atoms with Crippen LogP contribution in [-0.4, -0.2) is 33.0 Å². The van der Waals surface area contributed by atoms with Crippen LogP contribution in [0.4, 0.5) is 0 Å². The van der Waals surface area contributed by atoms with Crippen molar-refractivity contribution in [2.24, 2.45) is 0 Å². The van der Waals surface area contributed by atoms with Crippen LogP contribution in [-0.2, 0) is 0 Å². The summed E-state index contributed by atoms with van der Waals surface area (Å²) in [4.78, 5) is 0. The van der Waals surface area contributed by atoms with Gasteiger partial charge in [0.05, 0.1) is 26.9 Å². The molecule has 0 radical (unpaired) electrons. The minimum atomic E-state index is -0.143. The molecule has 0 fully saturated rings. The monoisotopic (exact) mass is 211 g/mol. The van der Waals surface area contributed by atoms with E-state index in [1.54, 1.807) is 21.3 Å². The Morgan fingerprint density at radius 2 is 2.07 bits per heavy atom. The Kier molecular flexibility index (Phi) is 4.39. The van der Waals surface area contributed by atoms with Crippen molar-refractivity contribution in [2.75, 3.05) is 27.9 Å². The lowest BCUT2D eigenvalue weighted by molar-refractivity contribution is 0.246. The molecule has 1 aromatic rings. The summed E-state index contributed by atoms with van der Waals surface area (Å²) in [6.45, 7) is 0.0139. The summed E-state index contributed by atoms with van der Waals surface area (Å²) in [5, 5.41) is 12.2. The van der Waals surface area contributed by atoms with Gasteiger partial charge in [-0.2, -0.15) is 0 Å². The fourth-order valence-corrected chi connectivity index (χ4v) is 1.53. The van der Waals surface area contributed by atoms with E-state index in [9.17, 15) is 5.11 Å².